The molecule has 0 aromatic carbocycles. The van der Waals surface area contributed by atoms with Gasteiger partial charge in [-0.2, -0.15) is 0 Å². The van der Waals surface area contributed by atoms with Gasteiger partial charge in [0.05, 0.1) is 5.69 Å². The Morgan fingerprint density at radius 1 is 1.19 bits per heavy atom. The number of nitrogen functional groups attached to an aromatic ring is 1. The Bertz CT molecular complexity index is 968. The number of rotatable bonds is 2. The summed E-state index contributed by atoms with van der Waals surface area (Å²) in [5.74, 6) is 0.253. The number of halogens is 1. The fourth-order valence-electron chi connectivity index (χ4n) is 3.30. The molecule has 0 bridgehead atoms. The van der Waals surface area contributed by atoms with Gasteiger partial charge in [-0.1, -0.05) is 12.8 Å². The molecule has 3 heterocycles. The molecule has 3 aromatic rings. The lowest BCUT2D eigenvalue weighted by Gasteiger charge is -2.12. The quantitative estimate of drug-likeness (QED) is 0.602. The van der Waals surface area contributed by atoms with E-state index in [-0.39, 0.29) is 5.91 Å². The second-order valence-electron chi connectivity index (χ2n) is 6.52. The summed E-state index contributed by atoms with van der Waals surface area (Å²) < 4.78 is 0.860. The first kappa shape index (κ1) is 17.4. The number of hydrogen-bond donors (Lipinski definition) is 2. The number of nitrogens with zero attached hydrogens (tertiary/aromatic N) is 2. The Morgan fingerprint density at radius 3 is 2.77 bits per heavy atom. The molecular formula is C19H19BrN4OS. The predicted octanol–water partition coefficient (Wildman–Crippen LogP) is 4.95. The van der Waals surface area contributed by atoms with Gasteiger partial charge in [-0.05, 0) is 65.4 Å². The number of fused-ring (bicyclic) bond motifs is 2. The lowest BCUT2D eigenvalue weighted by atomic mass is 9.96. The predicted molar refractivity (Wildman–Crippen MR) is 110 cm³/mol. The number of carbonyl (C=O) groups excluding carboxylic acids is 1. The van der Waals surface area contributed by atoms with Gasteiger partial charge in [0.2, 0.25) is 0 Å². The fraction of sp³-hybridized carbons (Fsp3) is 0.316. The molecule has 3 aromatic heterocycles. The van der Waals surface area contributed by atoms with Gasteiger partial charge in [0, 0.05) is 21.7 Å². The second-order valence-corrected chi connectivity index (χ2v) is 8.44. The minimum Gasteiger partial charge on any atom is -0.397 e. The maximum absolute atomic E-state index is 12.7. The lowest BCUT2D eigenvalue weighted by molar-refractivity contribution is 0.103. The van der Waals surface area contributed by atoms with Gasteiger partial charge < -0.3 is 11.1 Å². The number of anilines is 2. The van der Waals surface area contributed by atoms with Crippen molar-refractivity contribution in [2.75, 3.05) is 11.1 Å². The highest BCUT2D eigenvalue weighted by atomic mass is 79.9. The molecule has 3 N–H and O–H groups in total. The molecule has 1 aliphatic carbocycles. The summed E-state index contributed by atoms with van der Waals surface area (Å²) in [4.78, 5) is 23.0. The average Bonchev–Trinajstić information content (AvgIpc) is 2.93. The van der Waals surface area contributed by atoms with Gasteiger partial charge in [0.1, 0.15) is 15.5 Å². The van der Waals surface area contributed by atoms with E-state index in [9.17, 15) is 4.79 Å². The van der Waals surface area contributed by atoms with Crippen LogP contribution in [0.2, 0.25) is 0 Å². The van der Waals surface area contributed by atoms with Gasteiger partial charge in [0.25, 0.3) is 5.91 Å². The van der Waals surface area contributed by atoms with E-state index in [0.717, 1.165) is 27.5 Å². The highest BCUT2D eigenvalue weighted by Gasteiger charge is 2.20. The first-order chi connectivity index (χ1) is 12.6. The Kier molecular flexibility index (Phi) is 4.91. The van der Waals surface area contributed by atoms with Gasteiger partial charge in [-0.25, -0.2) is 9.97 Å². The largest absolute Gasteiger partial charge is 0.397 e. The molecular weight excluding hydrogens is 412 g/mol. The third-order valence-electron chi connectivity index (χ3n) is 4.67. The zero-order valence-corrected chi connectivity index (χ0v) is 16.6. The molecule has 26 heavy (non-hydrogen) atoms. The molecule has 0 spiro atoms. The van der Waals surface area contributed by atoms with Crippen molar-refractivity contribution in [2.24, 2.45) is 0 Å². The summed E-state index contributed by atoms with van der Waals surface area (Å²) >= 11 is 4.69. The van der Waals surface area contributed by atoms with Crippen molar-refractivity contribution in [3.8, 4) is 0 Å². The summed E-state index contributed by atoms with van der Waals surface area (Å²) in [5.41, 5.74) is 9.26. The molecule has 0 atom stereocenters. The van der Waals surface area contributed by atoms with Gasteiger partial charge in [-0.15, -0.1) is 11.3 Å². The molecule has 0 saturated heterocycles. The van der Waals surface area contributed by atoms with Crippen molar-refractivity contribution in [2.45, 2.75) is 38.5 Å². The number of aromatic nitrogens is 2. The molecule has 4 rings (SSSR count). The molecule has 0 unspecified atom stereocenters. The summed E-state index contributed by atoms with van der Waals surface area (Å²) in [6.07, 6.45) is 8.59. The molecule has 0 fully saturated rings. The summed E-state index contributed by atoms with van der Waals surface area (Å²) in [6, 6.07) is 5.72. The van der Waals surface area contributed by atoms with E-state index >= 15 is 0 Å². The molecule has 7 heteroatoms. The summed E-state index contributed by atoms with van der Waals surface area (Å²) in [5, 5.41) is 3.70. The summed E-state index contributed by atoms with van der Waals surface area (Å²) in [7, 11) is 0. The van der Waals surface area contributed by atoms with E-state index in [4.69, 9.17) is 10.7 Å². The van der Waals surface area contributed by atoms with Crippen LogP contribution in [0.5, 0.6) is 0 Å². The average molecular weight is 431 g/mol. The van der Waals surface area contributed by atoms with E-state index in [0.29, 0.717) is 16.4 Å². The molecule has 5 nitrogen and oxygen atoms in total. The lowest BCUT2D eigenvalue weighted by Crippen LogP contribution is -2.12. The minimum absolute atomic E-state index is 0.243. The maximum Gasteiger partial charge on any atom is 0.269 e. The van der Waals surface area contributed by atoms with Crippen LogP contribution >= 0.6 is 27.3 Å². The van der Waals surface area contributed by atoms with Crippen molar-refractivity contribution in [1.29, 1.82) is 0 Å². The van der Waals surface area contributed by atoms with E-state index in [1.54, 1.807) is 12.3 Å². The topological polar surface area (TPSA) is 80.9 Å². The summed E-state index contributed by atoms with van der Waals surface area (Å²) in [6.45, 7) is 0. The maximum atomic E-state index is 12.7. The van der Waals surface area contributed by atoms with Crippen LogP contribution in [-0.2, 0) is 12.8 Å². The number of amides is 1. The van der Waals surface area contributed by atoms with Crippen LogP contribution in [0.25, 0.3) is 10.2 Å². The SMILES string of the molecule is Nc1c(C(=O)Nc2ccc(Br)cn2)sc2nc3c(cc12)CCCCCC3. The molecule has 1 amide bonds. The molecule has 0 aliphatic heterocycles. The Morgan fingerprint density at radius 2 is 2.00 bits per heavy atom. The van der Waals surface area contributed by atoms with Gasteiger partial charge in [0.15, 0.2) is 0 Å². The molecule has 134 valence electrons. The third kappa shape index (κ3) is 3.46. The van der Waals surface area contributed by atoms with Crippen molar-refractivity contribution >= 4 is 54.9 Å². The third-order valence-corrected chi connectivity index (χ3v) is 6.26. The molecule has 0 saturated carbocycles. The normalized spacial score (nSPS) is 14.5. The number of hydrogen-bond acceptors (Lipinski definition) is 5. The van der Waals surface area contributed by atoms with Crippen molar-refractivity contribution in [3.05, 3.63) is 45.0 Å². The second kappa shape index (κ2) is 7.32. The number of aryl methyl sites for hydroxylation is 2. The van der Waals surface area contributed by atoms with Crippen molar-refractivity contribution in [1.82, 2.24) is 9.97 Å². The van der Waals surface area contributed by atoms with E-state index in [2.05, 4.69) is 32.3 Å². The van der Waals surface area contributed by atoms with Crippen LogP contribution in [0.3, 0.4) is 0 Å². The minimum atomic E-state index is -0.243. The van der Waals surface area contributed by atoms with Crippen LogP contribution in [0.1, 0.15) is 46.6 Å². The van der Waals surface area contributed by atoms with Gasteiger partial charge >= 0.3 is 0 Å². The molecule has 0 radical (unpaired) electrons. The van der Waals surface area contributed by atoms with Crippen LogP contribution in [0, 0.1) is 0 Å². The monoisotopic (exact) mass is 430 g/mol. The Labute approximate surface area is 164 Å². The first-order valence-corrected chi connectivity index (χ1v) is 10.4. The van der Waals surface area contributed by atoms with Crippen molar-refractivity contribution in [3.63, 3.8) is 0 Å². The highest BCUT2D eigenvalue weighted by Crippen LogP contribution is 2.35. The fourth-order valence-corrected chi connectivity index (χ4v) is 4.53. The van der Waals surface area contributed by atoms with Gasteiger partial charge in [-0.3, -0.25) is 4.79 Å². The standard InChI is InChI=1S/C19H19BrN4OS/c20-12-7-8-15(22-10-12)24-18(25)17-16(21)13-9-11-5-3-1-2-4-6-14(11)23-19(13)26-17/h7-10H,1-6,21H2,(H,22,24,25). The Hall–Kier alpha value is -1.99. The van der Waals surface area contributed by atoms with Crippen molar-refractivity contribution < 1.29 is 4.79 Å². The number of nitrogens with one attached hydrogen (secondary N) is 1. The zero-order valence-electron chi connectivity index (χ0n) is 14.2. The first-order valence-electron chi connectivity index (χ1n) is 8.75. The van der Waals surface area contributed by atoms with E-state index < -0.39 is 0 Å². The number of nitrogens with two attached hydrogens (primary N) is 1. The van der Waals surface area contributed by atoms with Crippen LogP contribution in [-0.4, -0.2) is 15.9 Å². The molecule has 1 aliphatic rings. The number of thiophene rings is 1. The zero-order chi connectivity index (χ0) is 18.1. The van der Waals surface area contributed by atoms with Crippen LogP contribution in [0.15, 0.2) is 28.9 Å². The number of pyridine rings is 2. The smallest absolute Gasteiger partial charge is 0.269 e. The van der Waals surface area contributed by atoms with E-state index in [1.165, 1.54) is 48.3 Å². The Balaban J connectivity index is 1.68. The number of carbonyl (C=O) groups is 1. The van der Waals surface area contributed by atoms with Crippen LogP contribution in [0.4, 0.5) is 11.5 Å². The van der Waals surface area contributed by atoms with Crippen LogP contribution < -0.4 is 11.1 Å². The van der Waals surface area contributed by atoms with E-state index in [1.807, 2.05) is 6.07 Å². The highest BCUT2D eigenvalue weighted by molar-refractivity contribution is 9.10.